The summed E-state index contributed by atoms with van der Waals surface area (Å²) in [5, 5.41) is 32.1. The van der Waals surface area contributed by atoms with Gasteiger partial charge in [-0.25, -0.2) is 19.7 Å². The number of nitrogens with zero attached hydrogens (tertiary/aromatic N) is 4. The van der Waals surface area contributed by atoms with E-state index in [-0.39, 0.29) is 34.6 Å². The first-order chi connectivity index (χ1) is 15.8. The fourth-order valence-corrected chi connectivity index (χ4v) is 4.38. The minimum atomic E-state index is -1.61. The number of aliphatic hydroxyl groups is 2. The molecule has 1 amide bonds. The summed E-state index contributed by atoms with van der Waals surface area (Å²) in [6.45, 7) is 0. The first kappa shape index (κ1) is 22.9. The molecule has 2 aromatic rings. The lowest BCUT2D eigenvalue weighted by Crippen LogP contribution is -2.35. The van der Waals surface area contributed by atoms with Gasteiger partial charge in [-0.05, 0) is 37.5 Å². The van der Waals surface area contributed by atoms with Gasteiger partial charge in [-0.1, -0.05) is 5.92 Å². The first-order valence-corrected chi connectivity index (χ1v) is 10.7. The largest absolute Gasteiger partial charge is 0.479 e. The molecule has 2 aliphatic rings. The number of aliphatic carboxylic acids is 1. The van der Waals surface area contributed by atoms with Crippen molar-refractivity contribution in [3.8, 4) is 11.8 Å². The average molecular weight is 458 g/mol. The van der Waals surface area contributed by atoms with Crippen molar-refractivity contribution in [2.75, 3.05) is 12.8 Å². The van der Waals surface area contributed by atoms with Gasteiger partial charge in [0.1, 0.15) is 17.7 Å². The molecule has 12 nitrogen and oxygen atoms in total. The van der Waals surface area contributed by atoms with Crippen LogP contribution in [0.5, 0.6) is 0 Å². The van der Waals surface area contributed by atoms with Crippen molar-refractivity contribution in [1.82, 2.24) is 24.8 Å². The molecule has 6 N–H and O–H groups in total. The standard InChI is InChI=1S/C21H26N6O6/c1-23-19(30)11-7-5-10(6-8-11)3-2-4-12-25-17(22)13-18(26-12)27(9-24-13)20-15(29)14(28)16(33-20)21(31)32/h9-11,14-16,20,28-29H,3,5-8H2,1H3,(H,23,30)(H,31,32)(H2,22,25,26). The Kier molecular flexibility index (Phi) is 6.46. The summed E-state index contributed by atoms with van der Waals surface area (Å²) in [5.41, 5.74) is 6.45. The molecule has 4 rings (SSSR count). The van der Waals surface area contributed by atoms with Gasteiger partial charge in [0.05, 0.1) is 6.33 Å². The number of ether oxygens (including phenoxy) is 1. The molecule has 1 saturated heterocycles. The van der Waals surface area contributed by atoms with Gasteiger partial charge in [0.2, 0.25) is 11.7 Å². The van der Waals surface area contributed by atoms with Crippen LogP contribution in [0.1, 0.15) is 44.2 Å². The Morgan fingerprint density at radius 3 is 2.61 bits per heavy atom. The van der Waals surface area contributed by atoms with Crippen LogP contribution in [0.4, 0.5) is 5.82 Å². The molecule has 33 heavy (non-hydrogen) atoms. The Balaban J connectivity index is 1.50. The summed E-state index contributed by atoms with van der Waals surface area (Å²) >= 11 is 0. The van der Waals surface area contributed by atoms with Crippen LogP contribution < -0.4 is 11.1 Å². The molecule has 0 radical (unpaired) electrons. The number of carbonyl (C=O) groups excluding carboxylic acids is 1. The average Bonchev–Trinajstić information content (AvgIpc) is 3.35. The van der Waals surface area contributed by atoms with Gasteiger partial charge in [0.25, 0.3) is 0 Å². The third kappa shape index (κ3) is 4.47. The molecular formula is C21H26N6O6. The number of imidazole rings is 1. The molecule has 4 unspecified atom stereocenters. The quantitative estimate of drug-likeness (QED) is 0.371. The zero-order valence-electron chi connectivity index (χ0n) is 18.0. The summed E-state index contributed by atoms with van der Waals surface area (Å²) in [5.74, 6) is 5.38. The second-order valence-electron chi connectivity index (χ2n) is 8.36. The third-order valence-electron chi connectivity index (χ3n) is 6.26. The van der Waals surface area contributed by atoms with Crippen LogP contribution in [0.15, 0.2) is 6.33 Å². The van der Waals surface area contributed by atoms with Gasteiger partial charge in [0, 0.05) is 19.4 Å². The number of anilines is 1. The van der Waals surface area contributed by atoms with Crippen molar-refractivity contribution >= 4 is 28.9 Å². The lowest BCUT2D eigenvalue weighted by Gasteiger charge is -2.26. The maximum Gasteiger partial charge on any atom is 0.335 e. The number of nitrogens with two attached hydrogens (primary N) is 1. The van der Waals surface area contributed by atoms with E-state index in [2.05, 4.69) is 32.1 Å². The lowest BCUT2D eigenvalue weighted by molar-refractivity contribution is -0.155. The second kappa shape index (κ2) is 9.30. The molecule has 12 heteroatoms. The van der Waals surface area contributed by atoms with E-state index in [1.165, 1.54) is 10.9 Å². The number of carbonyl (C=O) groups is 2. The highest BCUT2D eigenvalue weighted by Gasteiger charge is 2.48. The zero-order valence-corrected chi connectivity index (χ0v) is 18.0. The van der Waals surface area contributed by atoms with Gasteiger partial charge in [-0.15, -0.1) is 0 Å². The van der Waals surface area contributed by atoms with E-state index in [0.717, 1.165) is 25.7 Å². The van der Waals surface area contributed by atoms with Crippen LogP contribution in [0.25, 0.3) is 11.2 Å². The molecule has 2 aromatic heterocycles. The van der Waals surface area contributed by atoms with Gasteiger partial charge >= 0.3 is 5.97 Å². The number of nitrogen functional groups attached to an aromatic ring is 1. The molecule has 0 aromatic carbocycles. The summed E-state index contributed by atoms with van der Waals surface area (Å²) in [6, 6.07) is 0. The summed E-state index contributed by atoms with van der Waals surface area (Å²) in [6.07, 6.45) is -0.448. The summed E-state index contributed by atoms with van der Waals surface area (Å²) in [4.78, 5) is 35.7. The number of fused-ring (bicyclic) bond motifs is 1. The van der Waals surface area contributed by atoms with Crippen molar-refractivity contribution in [3.05, 3.63) is 12.2 Å². The van der Waals surface area contributed by atoms with E-state index in [1.54, 1.807) is 7.05 Å². The van der Waals surface area contributed by atoms with Gasteiger partial charge < -0.3 is 31.1 Å². The Morgan fingerprint density at radius 2 is 1.97 bits per heavy atom. The zero-order chi connectivity index (χ0) is 23.7. The number of hydrogen-bond acceptors (Lipinski definition) is 9. The Bertz CT molecular complexity index is 1120. The topological polar surface area (TPSA) is 186 Å². The molecule has 3 heterocycles. The smallest absolute Gasteiger partial charge is 0.335 e. The van der Waals surface area contributed by atoms with E-state index in [0.29, 0.717) is 12.3 Å². The molecule has 0 bridgehead atoms. The number of aromatic nitrogens is 4. The highest BCUT2D eigenvalue weighted by Crippen LogP contribution is 2.33. The fraction of sp³-hybridized carbons (Fsp3) is 0.571. The van der Waals surface area contributed by atoms with Crippen molar-refractivity contribution in [3.63, 3.8) is 0 Å². The monoisotopic (exact) mass is 458 g/mol. The molecule has 4 atom stereocenters. The van der Waals surface area contributed by atoms with E-state index in [4.69, 9.17) is 10.5 Å². The molecule has 176 valence electrons. The number of aliphatic hydroxyl groups excluding tert-OH is 2. The van der Waals surface area contributed by atoms with Crippen molar-refractivity contribution < 1.29 is 29.6 Å². The normalized spacial score (nSPS) is 29.4. The van der Waals surface area contributed by atoms with Crippen molar-refractivity contribution in [2.24, 2.45) is 11.8 Å². The number of carboxylic acid groups (broad SMARTS) is 1. The molecule has 2 fully saturated rings. The Labute approximate surface area is 189 Å². The number of amides is 1. The highest BCUT2D eigenvalue weighted by atomic mass is 16.6. The van der Waals surface area contributed by atoms with Crippen LogP contribution in [-0.2, 0) is 14.3 Å². The third-order valence-corrected chi connectivity index (χ3v) is 6.26. The molecule has 1 aliphatic carbocycles. The maximum atomic E-state index is 11.8. The summed E-state index contributed by atoms with van der Waals surface area (Å²) in [7, 11) is 1.65. The molecular weight excluding hydrogens is 432 g/mol. The van der Waals surface area contributed by atoms with Crippen molar-refractivity contribution in [2.45, 2.75) is 56.6 Å². The fourth-order valence-electron chi connectivity index (χ4n) is 4.38. The predicted octanol–water partition coefficient (Wildman–Crippen LogP) is -0.594. The van der Waals surface area contributed by atoms with Crippen LogP contribution in [0, 0.1) is 23.7 Å². The van der Waals surface area contributed by atoms with E-state index in [1.807, 2.05) is 0 Å². The number of nitrogens with one attached hydrogen (secondary N) is 1. The molecule has 1 saturated carbocycles. The van der Waals surface area contributed by atoms with Crippen LogP contribution >= 0.6 is 0 Å². The van der Waals surface area contributed by atoms with Crippen LogP contribution in [0.2, 0.25) is 0 Å². The maximum absolute atomic E-state index is 11.8. The summed E-state index contributed by atoms with van der Waals surface area (Å²) < 4.78 is 6.65. The van der Waals surface area contributed by atoms with Crippen LogP contribution in [0.3, 0.4) is 0 Å². The number of hydrogen-bond donors (Lipinski definition) is 5. The Hall–Kier alpha value is -3.27. The predicted molar refractivity (Wildman–Crippen MR) is 114 cm³/mol. The SMILES string of the molecule is CNC(=O)C1CCC(CC#Cc2nc(N)c3ncn(C4OC(C(=O)O)C(O)C4O)c3n2)CC1. The van der Waals surface area contributed by atoms with Crippen molar-refractivity contribution in [1.29, 1.82) is 0 Å². The van der Waals surface area contributed by atoms with Crippen LogP contribution in [-0.4, -0.2) is 72.1 Å². The van der Waals surface area contributed by atoms with Gasteiger partial charge in [-0.3, -0.25) is 9.36 Å². The highest BCUT2D eigenvalue weighted by molar-refractivity contribution is 5.82. The minimum Gasteiger partial charge on any atom is -0.479 e. The van der Waals surface area contributed by atoms with Gasteiger partial charge in [0.15, 0.2) is 23.8 Å². The lowest BCUT2D eigenvalue weighted by atomic mass is 9.80. The van der Waals surface area contributed by atoms with Gasteiger partial charge in [-0.2, -0.15) is 0 Å². The number of rotatable bonds is 4. The first-order valence-electron chi connectivity index (χ1n) is 10.7. The molecule has 0 spiro atoms. The Morgan fingerprint density at radius 1 is 1.24 bits per heavy atom. The second-order valence-corrected chi connectivity index (χ2v) is 8.36. The number of carboxylic acids is 1. The van der Waals surface area contributed by atoms with E-state index >= 15 is 0 Å². The van der Waals surface area contributed by atoms with E-state index in [9.17, 15) is 24.9 Å². The minimum absolute atomic E-state index is 0.0671. The molecule has 1 aliphatic heterocycles. The van der Waals surface area contributed by atoms with E-state index < -0.39 is 30.5 Å².